The van der Waals surface area contributed by atoms with E-state index in [0.717, 1.165) is 37.7 Å². The molecule has 1 N–H and O–H groups in total. The fourth-order valence-corrected chi connectivity index (χ4v) is 8.84. The molecule has 5 atom stereocenters. The third-order valence-corrected chi connectivity index (χ3v) is 10.2. The van der Waals surface area contributed by atoms with Crippen molar-refractivity contribution in [1.29, 1.82) is 0 Å². The average molecular weight is 540 g/mol. The molecule has 3 saturated heterocycles. The number of aliphatic hydroxyl groups excluding tert-OH is 1. The van der Waals surface area contributed by atoms with E-state index in [1.807, 2.05) is 35.2 Å². The molecule has 3 amide bonds. The molecule has 0 radical (unpaired) electrons. The summed E-state index contributed by atoms with van der Waals surface area (Å²) < 4.78 is -0.648. The average Bonchev–Trinajstić information content (AvgIpc) is 3.56. The number of amides is 3. The summed E-state index contributed by atoms with van der Waals surface area (Å²) >= 11 is 1.67. The predicted molar refractivity (Wildman–Crippen MR) is 151 cm³/mol. The molecule has 2 bridgehead atoms. The van der Waals surface area contributed by atoms with E-state index >= 15 is 0 Å². The molecule has 2 unspecified atom stereocenters. The summed E-state index contributed by atoms with van der Waals surface area (Å²) in [6.07, 6.45) is 7.93. The fourth-order valence-electron chi connectivity index (χ4n) is 6.64. The Morgan fingerprint density at radius 3 is 2.50 bits per heavy atom. The fraction of sp³-hybridized carbons (Fsp3) is 0.567. The van der Waals surface area contributed by atoms with Crippen molar-refractivity contribution in [1.82, 2.24) is 14.7 Å². The van der Waals surface area contributed by atoms with Crippen molar-refractivity contribution >= 4 is 29.5 Å². The highest BCUT2D eigenvalue weighted by molar-refractivity contribution is 8.02. The van der Waals surface area contributed by atoms with Crippen LogP contribution >= 0.6 is 11.8 Å². The third-order valence-electron chi connectivity index (χ3n) is 8.23. The molecule has 3 heterocycles. The highest BCUT2D eigenvalue weighted by Gasteiger charge is 2.74. The van der Waals surface area contributed by atoms with E-state index in [1.54, 1.807) is 33.7 Å². The summed E-state index contributed by atoms with van der Waals surface area (Å²) in [5, 5.41) is 9.86. The largest absolute Gasteiger partial charge is 0.395 e. The molecule has 0 aliphatic carbocycles. The van der Waals surface area contributed by atoms with Gasteiger partial charge in [0.2, 0.25) is 17.7 Å². The van der Waals surface area contributed by atoms with Gasteiger partial charge in [0.1, 0.15) is 6.04 Å². The molecule has 1 spiro atoms. The van der Waals surface area contributed by atoms with Crippen LogP contribution in [0.2, 0.25) is 0 Å². The first-order valence-electron chi connectivity index (χ1n) is 13.9. The summed E-state index contributed by atoms with van der Waals surface area (Å²) in [5.41, 5.74) is 1.02. The topological polar surface area (TPSA) is 81.2 Å². The van der Waals surface area contributed by atoms with Gasteiger partial charge in [-0.25, -0.2) is 0 Å². The van der Waals surface area contributed by atoms with Gasteiger partial charge in [-0.05, 0) is 24.8 Å². The van der Waals surface area contributed by atoms with Gasteiger partial charge in [-0.3, -0.25) is 14.4 Å². The van der Waals surface area contributed by atoms with Crippen LogP contribution in [0.15, 0.2) is 55.6 Å². The Hall–Kier alpha value is -2.58. The molecule has 206 valence electrons. The van der Waals surface area contributed by atoms with Gasteiger partial charge in [0.15, 0.2) is 0 Å². The van der Waals surface area contributed by atoms with Gasteiger partial charge in [0, 0.05) is 38.0 Å². The molecule has 0 aromatic heterocycles. The van der Waals surface area contributed by atoms with Crippen LogP contribution in [0.25, 0.3) is 0 Å². The predicted octanol–water partition coefficient (Wildman–Crippen LogP) is 3.49. The number of fused-ring (bicyclic) bond motifs is 1. The Bertz CT molecular complexity index is 1030. The van der Waals surface area contributed by atoms with Crippen LogP contribution in [0.1, 0.15) is 44.6 Å². The minimum absolute atomic E-state index is 0.000870. The Kier molecular flexibility index (Phi) is 9.36. The van der Waals surface area contributed by atoms with Gasteiger partial charge >= 0.3 is 0 Å². The number of unbranched alkanes of at least 4 members (excludes halogenated alkanes) is 2. The molecule has 1 aromatic rings. The smallest absolute Gasteiger partial charge is 0.247 e. The number of likely N-dealkylation sites (tertiary alicyclic amines) is 1. The monoisotopic (exact) mass is 539 g/mol. The highest BCUT2D eigenvalue weighted by atomic mass is 32.2. The van der Waals surface area contributed by atoms with E-state index in [0.29, 0.717) is 26.2 Å². The van der Waals surface area contributed by atoms with Crippen molar-refractivity contribution in [3.63, 3.8) is 0 Å². The summed E-state index contributed by atoms with van der Waals surface area (Å²) in [5.74, 6) is -1.36. The number of aliphatic hydroxyl groups is 1. The molecule has 3 fully saturated rings. The first-order valence-corrected chi connectivity index (χ1v) is 14.7. The zero-order chi connectivity index (χ0) is 27.3. The van der Waals surface area contributed by atoms with E-state index in [9.17, 15) is 19.5 Å². The van der Waals surface area contributed by atoms with Crippen molar-refractivity contribution in [2.75, 3.05) is 32.8 Å². The van der Waals surface area contributed by atoms with Crippen molar-refractivity contribution in [2.45, 2.75) is 61.6 Å². The molecule has 7 nitrogen and oxygen atoms in total. The van der Waals surface area contributed by atoms with E-state index in [2.05, 4.69) is 20.1 Å². The first-order chi connectivity index (χ1) is 18.4. The Balaban J connectivity index is 1.65. The molecular weight excluding hydrogens is 498 g/mol. The number of rotatable bonds is 14. The minimum atomic E-state index is -0.677. The highest BCUT2D eigenvalue weighted by Crippen LogP contribution is 2.66. The lowest BCUT2D eigenvalue weighted by Crippen LogP contribution is -2.55. The second kappa shape index (κ2) is 12.5. The first kappa shape index (κ1) is 28.4. The zero-order valence-electron chi connectivity index (χ0n) is 22.5. The summed E-state index contributed by atoms with van der Waals surface area (Å²) in [6, 6.07) is 9.16. The second-order valence-electron chi connectivity index (χ2n) is 10.6. The maximum atomic E-state index is 14.1. The van der Waals surface area contributed by atoms with Crippen LogP contribution in [0.4, 0.5) is 0 Å². The molecular formula is C30H41N3O4S. The van der Waals surface area contributed by atoms with Crippen molar-refractivity contribution in [2.24, 2.45) is 11.8 Å². The zero-order valence-corrected chi connectivity index (χ0v) is 23.3. The summed E-state index contributed by atoms with van der Waals surface area (Å²) in [4.78, 5) is 47.4. The van der Waals surface area contributed by atoms with Gasteiger partial charge in [-0.2, -0.15) is 0 Å². The normalized spacial score (nSPS) is 27.3. The number of carbonyl (C=O) groups excluding carboxylic acids is 3. The number of hydrogen-bond acceptors (Lipinski definition) is 5. The summed E-state index contributed by atoms with van der Waals surface area (Å²) in [7, 11) is 0. The molecule has 3 aliphatic heterocycles. The van der Waals surface area contributed by atoms with Crippen LogP contribution in [-0.4, -0.2) is 86.4 Å². The number of carbonyl (C=O) groups is 3. The van der Waals surface area contributed by atoms with Crippen LogP contribution in [0.5, 0.6) is 0 Å². The molecule has 0 saturated carbocycles. The quantitative estimate of drug-likeness (QED) is 0.289. The number of nitrogens with zero attached hydrogens (tertiary/aromatic N) is 3. The van der Waals surface area contributed by atoms with Gasteiger partial charge in [-0.15, -0.1) is 24.9 Å². The van der Waals surface area contributed by atoms with Gasteiger partial charge < -0.3 is 19.8 Å². The van der Waals surface area contributed by atoms with Crippen molar-refractivity contribution in [3.8, 4) is 0 Å². The number of β-amino-alcohol motifs (C(OH)–C–C–N with tert-alkyl or cyclic N) is 1. The second-order valence-corrected chi connectivity index (χ2v) is 12.2. The van der Waals surface area contributed by atoms with Crippen LogP contribution in [0, 0.1) is 11.8 Å². The Labute approximate surface area is 230 Å². The maximum absolute atomic E-state index is 14.1. The lowest BCUT2D eigenvalue weighted by molar-refractivity contribution is -0.145. The summed E-state index contributed by atoms with van der Waals surface area (Å²) in [6.45, 7) is 11.6. The number of benzene rings is 1. The van der Waals surface area contributed by atoms with Gasteiger partial charge in [0.25, 0.3) is 0 Å². The van der Waals surface area contributed by atoms with E-state index in [1.165, 1.54) is 0 Å². The molecule has 4 rings (SSSR count). The Morgan fingerprint density at radius 1 is 1.13 bits per heavy atom. The number of thioether (sulfide) groups is 1. The number of hydrogen-bond donors (Lipinski definition) is 1. The van der Waals surface area contributed by atoms with Crippen LogP contribution < -0.4 is 0 Å². The van der Waals surface area contributed by atoms with E-state index in [4.69, 9.17) is 0 Å². The maximum Gasteiger partial charge on any atom is 0.247 e. The SMILES string of the molecule is C=CCN(CCCCC)C(=O)C1N(CCO)C(=O)[C@@H]2[C@H](C(=O)N(CC=C)Cc3ccccc3)[C@@H]3CCC12S3. The molecule has 3 aliphatic rings. The molecule has 8 heteroatoms. The lowest BCUT2D eigenvalue weighted by atomic mass is 9.70. The van der Waals surface area contributed by atoms with Crippen molar-refractivity contribution in [3.05, 3.63) is 61.2 Å². The lowest BCUT2D eigenvalue weighted by Gasteiger charge is -2.37. The van der Waals surface area contributed by atoms with E-state index in [-0.39, 0.29) is 36.1 Å². The minimum Gasteiger partial charge on any atom is -0.395 e. The molecule has 1 aromatic carbocycles. The Morgan fingerprint density at radius 2 is 1.84 bits per heavy atom. The van der Waals surface area contributed by atoms with Gasteiger partial charge in [-0.1, -0.05) is 62.2 Å². The third kappa shape index (κ3) is 5.17. The van der Waals surface area contributed by atoms with Crippen LogP contribution in [0.3, 0.4) is 0 Å². The van der Waals surface area contributed by atoms with Crippen molar-refractivity contribution < 1.29 is 19.5 Å². The van der Waals surface area contributed by atoms with E-state index < -0.39 is 22.6 Å². The molecule has 38 heavy (non-hydrogen) atoms. The van der Waals surface area contributed by atoms with Gasteiger partial charge in [0.05, 0.1) is 23.2 Å². The standard InChI is InChI=1S/C30H41N3O4S/c1-4-7-11-18-31(16-5-2)29(37)26-30-15-14-23(38-30)24(25(30)28(36)33(26)19-20-34)27(35)32(17-6-3)21-22-12-9-8-10-13-22/h5-6,8-10,12-13,23-26,34H,2-4,7,11,14-21H2,1H3/t23-,24+,25-,26?,30?/m0/s1. The van der Waals surface area contributed by atoms with Crippen LogP contribution in [-0.2, 0) is 20.9 Å².